The molecule has 254 valence electrons. The van der Waals surface area contributed by atoms with Crippen LogP contribution in [-0.4, -0.2) is 68.0 Å². The third kappa shape index (κ3) is 12.8. The van der Waals surface area contributed by atoms with Crippen LogP contribution in [0.15, 0.2) is 51.7 Å². The number of thiophene rings is 1. The van der Waals surface area contributed by atoms with Crippen molar-refractivity contribution in [1.29, 1.82) is 0 Å². The van der Waals surface area contributed by atoms with Crippen molar-refractivity contribution >= 4 is 51.1 Å². The van der Waals surface area contributed by atoms with Crippen LogP contribution >= 0.6 is 11.3 Å². The minimum absolute atomic E-state index is 0.00456. The van der Waals surface area contributed by atoms with E-state index in [1.807, 2.05) is 27.7 Å². The number of hydrogen-bond donors (Lipinski definition) is 7. The molecule has 0 unspecified atom stereocenters. The maximum absolute atomic E-state index is 13.7. The highest BCUT2D eigenvalue weighted by Gasteiger charge is 2.32. The van der Waals surface area contributed by atoms with Gasteiger partial charge in [-0.2, -0.15) is 4.72 Å². The number of sulfonamides is 1. The van der Waals surface area contributed by atoms with E-state index >= 15 is 0 Å². The molecule has 0 bridgehead atoms. The van der Waals surface area contributed by atoms with Crippen molar-refractivity contribution in [2.24, 2.45) is 16.5 Å². The Labute approximate surface area is 273 Å². The minimum atomic E-state index is -4.18. The summed E-state index contributed by atoms with van der Waals surface area (Å²) in [6.07, 6.45) is 0.0833. The summed E-state index contributed by atoms with van der Waals surface area (Å²) in [4.78, 5) is 55.4. The van der Waals surface area contributed by atoms with E-state index in [1.54, 1.807) is 35.0 Å². The second-order valence-corrected chi connectivity index (χ2v) is 14.5. The fraction of sp³-hybridized carbons (Fsp3) is 0.500. The SMILES string of the molecule is CCCC[C@H](NC(=O)[C@H](Cc1cccs1)NC(=O)[C@H](CCCN=C(N)N)NS(=O)(=O)c1ccc(C(C)(C)C)cc1)C(=O)NC(=O)O. The number of carbonyl (C=O) groups is 4. The van der Waals surface area contributed by atoms with Crippen LogP contribution in [0.3, 0.4) is 0 Å². The van der Waals surface area contributed by atoms with Gasteiger partial charge < -0.3 is 27.2 Å². The predicted molar refractivity (Wildman–Crippen MR) is 177 cm³/mol. The average Bonchev–Trinajstić information content (AvgIpc) is 3.48. The zero-order chi connectivity index (χ0) is 34.5. The number of hydrogen-bond acceptors (Lipinski definition) is 8. The topological polar surface area (TPSA) is 235 Å². The van der Waals surface area contributed by atoms with Crippen molar-refractivity contribution in [2.75, 3.05) is 6.54 Å². The third-order valence-electron chi connectivity index (χ3n) is 6.92. The summed E-state index contributed by atoms with van der Waals surface area (Å²) in [6.45, 7) is 8.00. The van der Waals surface area contributed by atoms with E-state index in [2.05, 4.69) is 20.3 Å². The van der Waals surface area contributed by atoms with E-state index in [4.69, 9.17) is 16.6 Å². The molecule has 4 amide bonds. The van der Waals surface area contributed by atoms with Crippen molar-refractivity contribution in [3.63, 3.8) is 0 Å². The molecule has 0 aliphatic heterocycles. The number of guanidine groups is 1. The minimum Gasteiger partial charge on any atom is -0.465 e. The molecule has 2 aromatic rings. The van der Waals surface area contributed by atoms with Crippen molar-refractivity contribution in [2.45, 2.75) is 94.7 Å². The number of carbonyl (C=O) groups excluding carboxylic acids is 3. The largest absolute Gasteiger partial charge is 0.465 e. The Bertz CT molecular complexity index is 1450. The fourth-order valence-corrected chi connectivity index (χ4v) is 6.37. The highest BCUT2D eigenvalue weighted by molar-refractivity contribution is 7.89. The molecular weight excluding hydrogens is 635 g/mol. The highest BCUT2D eigenvalue weighted by atomic mass is 32.2. The number of aliphatic imine (C=N–C) groups is 1. The summed E-state index contributed by atoms with van der Waals surface area (Å²) in [7, 11) is -4.18. The molecule has 1 heterocycles. The Morgan fingerprint density at radius 1 is 0.913 bits per heavy atom. The summed E-state index contributed by atoms with van der Waals surface area (Å²) in [5, 5.41) is 17.8. The Morgan fingerprint density at radius 3 is 2.07 bits per heavy atom. The molecule has 0 aliphatic carbocycles. The summed E-state index contributed by atoms with van der Waals surface area (Å²) in [5.41, 5.74) is 11.5. The van der Waals surface area contributed by atoms with Gasteiger partial charge in [-0.05, 0) is 53.8 Å². The van der Waals surface area contributed by atoms with Gasteiger partial charge in [-0.15, -0.1) is 11.3 Å². The van der Waals surface area contributed by atoms with Crippen LogP contribution in [0.4, 0.5) is 4.79 Å². The van der Waals surface area contributed by atoms with E-state index in [0.717, 1.165) is 10.4 Å². The second-order valence-electron chi connectivity index (χ2n) is 11.7. The van der Waals surface area contributed by atoms with Gasteiger partial charge in [0.1, 0.15) is 18.1 Å². The van der Waals surface area contributed by atoms with Crippen LogP contribution < -0.4 is 32.1 Å². The van der Waals surface area contributed by atoms with Gasteiger partial charge in [-0.25, -0.2) is 13.2 Å². The Morgan fingerprint density at radius 2 is 1.52 bits per heavy atom. The lowest BCUT2D eigenvalue weighted by Gasteiger charge is -2.25. The number of carboxylic acid groups (broad SMARTS) is 1. The molecule has 0 aliphatic rings. The quantitative estimate of drug-likeness (QED) is 0.0734. The Hall–Kier alpha value is -4.02. The lowest BCUT2D eigenvalue weighted by molar-refractivity contribution is -0.132. The number of rotatable bonds is 17. The molecule has 0 saturated carbocycles. The molecule has 9 N–H and O–H groups in total. The second kappa shape index (κ2) is 17.6. The van der Waals surface area contributed by atoms with Gasteiger partial charge >= 0.3 is 6.09 Å². The standard InChI is InChI=1S/C30H45N7O7S2/c1-5-6-10-22(25(38)36-29(41)42)34-27(40)24(18-20-9-8-17-45-20)35-26(39)23(11-7-16-33-28(31)32)37-46(43,44)21-14-12-19(13-15-21)30(2,3)4/h8-9,12-15,17,22-24,37H,5-7,10-11,16,18H2,1-4H3,(H,34,40)(H,35,39)(H,36,38)(H,41,42)(H4,31,32,33)/t22-,23-,24-/m0/s1. The van der Waals surface area contributed by atoms with Crippen LogP contribution in [0.2, 0.25) is 0 Å². The van der Waals surface area contributed by atoms with Crippen LogP contribution in [0.25, 0.3) is 0 Å². The van der Waals surface area contributed by atoms with Gasteiger partial charge in [0.15, 0.2) is 5.96 Å². The van der Waals surface area contributed by atoms with Gasteiger partial charge in [-0.3, -0.25) is 24.7 Å². The van der Waals surface area contributed by atoms with Crippen molar-refractivity contribution < 1.29 is 32.7 Å². The number of unbranched alkanes of at least 4 members (excludes halogenated alkanes) is 1. The van der Waals surface area contributed by atoms with E-state index < -0.39 is 52.0 Å². The van der Waals surface area contributed by atoms with Crippen molar-refractivity contribution in [1.82, 2.24) is 20.7 Å². The molecule has 0 spiro atoms. The van der Waals surface area contributed by atoms with Crippen LogP contribution in [-0.2, 0) is 36.2 Å². The molecule has 1 aromatic carbocycles. The van der Waals surface area contributed by atoms with Gasteiger partial charge in [0, 0.05) is 17.8 Å². The molecular formula is C30H45N7O7S2. The van der Waals surface area contributed by atoms with E-state index in [0.29, 0.717) is 12.8 Å². The lowest BCUT2D eigenvalue weighted by Crippen LogP contribution is -2.57. The molecule has 0 radical (unpaired) electrons. The molecule has 3 atom stereocenters. The first-order valence-electron chi connectivity index (χ1n) is 14.9. The Balaban J connectivity index is 2.36. The zero-order valence-corrected chi connectivity index (χ0v) is 28.2. The number of benzene rings is 1. The van der Waals surface area contributed by atoms with Crippen LogP contribution in [0.1, 0.15) is 70.2 Å². The first-order chi connectivity index (χ1) is 21.5. The molecule has 0 saturated heterocycles. The van der Waals surface area contributed by atoms with Crippen LogP contribution in [0, 0.1) is 0 Å². The molecule has 14 nitrogen and oxygen atoms in total. The van der Waals surface area contributed by atoms with E-state index in [9.17, 15) is 27.6 Å². The Kier molecular flexibility index (Phi) is 14.6. The third-order valence-corrected chi connectivity index (χ3v) is 9.30. The van der Waals surface area contributed by atoms with E-state index in [-0.39, 0.29) is 48.5 Å². The van der Waals surface area contributed by atoms with Crippen molar-refractivity contribution in [3.8, 4) is 0 Å². The monoisotopic (exact) mass is 679 g/mol. The van der Waals surface area contributed by atoms with Gasteiger partial charge in [0.2, 0.25) is 21.8 Å². The summed E-state index contributed by atoms with van der Waals surface area (Å²) in [5.74, 6) is -2.57. The number of nitrogens with zero attached hydrogens (tertiary/aromatic N) is 1. The summed E-state index contributed by atoms with van der Waals surface area (Å²) in [6, 6.07) is 6.17. The number of nitrogens with two attached hydrogens (primary N) is 2. The first-order valence-corrected chi connectivity index (χ1v) is 17.2. The lowest BCUT2D eigenvalue weighted by atomic mass is 9.87. The van der Waals surface area contributed by atoms with Gasteiger partial charge in [-0.1, -0.05) is 58.7 Å². The normalized spacial score (nSPS) is 13.6. The zero-order valence-electron chi connectivity index (χ0n) is 26.5. The number of imide groups is 1. The van der Waals surface area contributed by atoms with Crippen molar-refractivity contribution in [3.05, 3.63) is 52.2 Å². The predicted octanol–water partition coefficient (Wildman–Crippen LogP) is 1.94. The first kappa shape index (κ1) is 38.2. The van der Waals surface area contributed by atoms with Gasteiger partial charge in [0.25, 0.3) is 5.91 Å². The van der Waals surface area contributed by atoms with E-state index in [1.165, 1.54) is 23.5 Å². The molecule has 46 heavy (non-hydrogen) atoms. The van der Waals surface area contributed by atoms with Gasteiger partial charge in [0.05, 0.1) is 4.90 Å². The maximum Gasteiger partial charge on any atom is 0.411 e. The molecule has 2 rings (SSSR count). The molecule has 16 heteroatoms. The summed E-state index contributed by atoms with van der Waals surface area (Å²) >= 11 is 1.34. The van der Waals surface area contributed by atoms with Crippen LogP contribution in [0.5, 0.6) is 0 Å². The smallest absolute Gasteiger partial charge is 0.411 e. The summed E-state index contributed by atoms with van der Waals surface area (Å²) < 4.78 is 29.3. The highest BCUT2D eigenvalue weighted by Crippen LogP contribution is 2.23. The fourth-order valence-electron chi connectivity index (χ4n) is 4.39. The molecule has 0 fully saturated rings. The molecule has 1 aromatic heterocycles. The number of nitrogens with one attached hydrogen (secondary N) is 4. The average molecular weight is 680 g/mol. The maximum atomic E-state index is 13.7. The number of amides is 4.